The molecule has 0 saturated heterocycles. The van der Waals surface area contributed by atoms with Crippen LogP contribution in [0.15, 0.2) is 48.8 Å². The number of hydrogen-bond donors (Lipinski definition) is 0. The van der Waals surface area contributed by atoms with Gasteiger partial charge in [-0.1, -0.05) is 0 Å². The van der Waals surface area contributed by atoms with E-state index in [0.29, 0.717) is 0 Å². The zero-order chi connectivity index (χ0) is 21.4. The first kappa shape index (κ1) is 23.2. The van der Waals surface area contributed by atoms with Crippen LogP contribution in [0.4, 0.5) is 0 Å². The monoisotopic (exact) mass is 514 g/mol. The molecule has 0 N–H and O–H groups in total. The van der Waals surface area contributed by atoms with Crippen LogP contribution < -0.4 is 8.32 Å². The third kappa shape index (κ3) is 5.40. The van der Waals surface area contributed by atoms with Gasteiger partial charge in [0, 0.05) is 0 Å². The van der Waals surface area contributed by atoms with Crippen molar-refractivity contribution in [1.29, 1.82) is 0 Å². The second-order valence-electron chi connectivity index (χ2n) is 8.63. The predicted molar refractivity (Wildman–Crippen MR) is 132 cm³/mol. The van der Waals surface area contributed by atoms with Crippen LogP contribution in [0, 0.1) is 0 Å². The summed E-state index contributed by atoms with van der Waals surface area (Å²) in [5, 5.41) is 0. The van der Waals surface area contributed by atoms with Gasteiger partial charge in [-0.2, -0.15) is 0 Å². The van der Waals surface area contributed by atoms with Crippen LogP contribution in [0.2, 0.25) is 13.3 Å². The van der Waals surface area contributed by atoms with Crippen molar-refractivity contribution in [3.8, 4) is 17.0 Å². The Balaban J connectivity index is 1.98. The second kappa shape index (κ2) is 11.2. The number of rotatable bonds is 12. The van der Waals surface area contributed by atoms with Gasteiger partial charge >= 0.3 is 187 Å². The first-order valence-electron chi connectivity index (χ1n) is 11.8. The Morgan fingerprint density at radius 3 is 1.93 bits per heavy atom. The second-order valence-corrected chi connectivity index (χ2v) is 21.9. The molecule has 3 aromatic rings. The molecule has 0 aliphatic rings. The Bertz CT molecular complexity index is 895. The summed E-state index contributed by atoms with van der Waals surface area (Å²) in [7, 11) is 1.70. The van der Waals surface area contributed by atoms with E-state index in [0.717, 1.165) is 22.7 Å². The van der Waals surface area contributed by atoms with Crippen LogP contribution in [-0.2, 0) is 0 Å². The summed E-state index contributed by atoms with van der Waals surface area (Å²) >= 11 is -2.42. The standard InChI is InChI=1S/C14H11N2O.3C4H9.Sn/c1-17-12-7-5-11(6-8-12)13-10-16-9-3-2-4-14(16)15-13;3*1-3-4-2;/h2,4-10H,1H3;3*1,3-4H2,2H3;. The van der Waals surface area contributed by atoms with E-state index in [2.05, 4.69) is 61.8 Å². The predicted octanol–water partition coefficient (Wildman–Crippen LogP) is 7.07. The van der Waals surface area contributed by atoms with E-state index in [9.17, 15) is 0 Å². The van der Waals surface area contributed by atoms with Gasteiger partial charge in [-0.25, -0.2) is 0 Å². The van der Waals surface area contributed by atoms with Crippen LogP contribution in [0.5, 0.6) is 5.75 Å². The number of aromatic nitrogens is 2. The quantitative estimate of drug-likeness (QED) is 0.242. The van der Waals surface area contributed by atoms with Gasteiger partial charge in [0.25, 0.3) is 0 Å². The fourth-order valence-corrected chi connectivity index (χ4v) is 20.4. The number of methoxy groups -OCH3 is 1. The number of fused-ring (bicyclic) bond motifs is 1. The van der Waals surface area contributed by atoms with Crippen molar-refractivity contribution in [2.75, 3.05) is 7.11 Å². The fourth-order valence-electron chi connectivity index (χ4n) is 4.56. The average Bonchev–Trinajstić information content (AvgIpc) is 3.22. The molecule has 2 aromatic heterocycles. The van der Waals surface area contributed by atoms with Crippen LogP contribution in [-0.4, -0.2) is 34.9 Å². The van der Waals surface area contributed by atoms with Gasteiger partial charge in [-0.05, 0) is 0 Å². The van der Waals surface area contributed by atoms with Crippen LogP contribution in [0.25, 0.3) is 16.9 Å². The number of pyridine rings is 1. The molecule has 0 fully saturated rings. The molecule has 2 heterocycles. The van der Waals surface area contributed by atoms with Crippen molar-refractivity contribution in [3.63, 3.8) is 0 Å². The van der Waals surface area contributed by atoms with Crippen LogP contribution in [0.1, 0.15) is 59.3 Å². The molecule has 0 aliphatic carbocycles. The maximum absolute atomic E-state index is 5.30. The van der Waals surface area contributed by atoms with Gasteiger partial charge in [0.05, 0.1) is 0 Å². The van der Waals surface area contributed by atoms with Gasteiger partial charge in [0.1, 0.15) is 0 Å². The molecule has 0 radical (unpaired) electrons. The topological polar surface area (TPSA) is 26.5 Å². The molecule has 162 valence electrons. The first-order chi connectivity index (χ1) is 14.7. The molecule has 0 spiro atoms. The third-order valence-electron chi connectivity index (χ3n) is 6.48. The van der Waals surface area contributed by atoms with Gasteiger partial charge in [-0.15, -0.1) is 0 Å². The molecule has 3 rings (SSSR count). The summed E-state index contributed by atoms with van der Waals surface area (Å²) in [6.45, 7) is 7.03. The van der Waals surface area contributed by atoms with Crippen molar-refractivity contribution in [1.82, 2.24) is 9.38 Å². The fraction of sp³-hybridized carbons (Fsp3) is 0.500. The van der Waals surface area contributed by atoms with Crippen molar-refractivity contribution < 1.29 is 4.74 Å². The number of nitrogens with zero attached hydrogens (tertiary/aromatic N) is 2. The molecule has 1 aromatic carbocycles. The summed E-state index contributed by atoms with van der Waals surface area (Å²) in [6, 6.07) is 12.9. The number of unbranched alkanes of at least 4 members (excludes halogenated alkanes) is 3. The average molecular weight is 513 g/mol. The molecule has 0 saturated carbocycles. The van der Waals surface area contributed by atoms with Gasteiger partial charge in [-0.3, -0.25) is 0 Å². The summed E-state index contributed by atoms with van der Waals surface area (Å²) < 4.78 is 13.8. The molecule has 0 aliphatic heterocycles. The first-order valence-corrected chi connectivity index (χ1v) is 19.3. The van der Waals surface area contributed by atoms with E-state index in [4.69, 9.17) is 9.72 Å². The number of imidazole rings is 1. The molecular formula is C26H38N2OSn. The van der Waals surface area contributed by atoms with Crippen molar-refractivity contribution in [2.24, 2.45) is 0 Å². The number of benzene rings is 1. The van der Waals surface area contributed by atoms with Gasteiger partial charge < -0.3 is 0 Å². The van der Waals surface area contributed by atoms with Crippen molar-refractivity contribution >= 4 is 27.6 Å². The minimum absolute atomic E-state index is 0.881. The summed E-state index contributed by atoms with van der Waals surface area (Å²) in [5.41, 5.74) is 3.22. The summed E-state index contributed by atoms with van der Waals surface area (Å²) in [5.74, 6) is 0.881. The Morgan fingerprint density at radius 1 is 0.800 bits per heavy atom. The molecule has 4 heteroatoms. The zero-order valence-electron chi connectivity index (χ0n) is 19.3. The van der Waals surface area contributed by atoms with Gasteiger partial charge in [0.2, 0.25) is 0 Å². The van der Waals surface area contributed by atoms with E-state index in [1.165, 1.54) is 51.8 Å². The molecule has 0 amide bonds. The molecular weight excluding hydrogens is 475 g/mol. The minimum atomic E-state index is -2.42. The Labute approximate surface area is 186 Å². The maximum atomic E-state index is 5.30. The van der Waals surface area contributed by atoms with Crippen molar-refractivity contribution in [2.45, 2.75) is 72.6 Å². The molecule has 3 nitrogen and oxygen atoms in total. The Hall–Kier alpha value is -1.49. The SMILES string of the molecule is CCC[CH2][Sn]([CH2]CCC)([CH2]CCC)[c]1ccc2nc(-c3ccc(OC)cc3)cn2c1. The van der Waals surface area contributed by atoms with Crippen LogP contribution >= 0.6 is 0 Å². The summed E-state index contributed by atoms with van der Waals surface area (Å²) in [6.07, 6.45) is 12.8. The van der Waals surface area contributed by atoms with E-state index >= 15 is 0 Å². The molecule has 0 unspecified atom stereocenters. The molecule has 0 bridgehead atoms. The van der Waals surface area contributed by atoms with Crippen LogP contribution in [0.3, 0.4) is 0 Å². The van der Waals surface area contributed by atoms with E-state index in [1.54, 1.807) is 10.7 Å². The number of ether oxygens (including phenoxy) is 1. The van der Waals surface area contributed by atoms with Crippen molar-refractivity contribution in [3.05, 3.63) is 48.8 Å². The van der Waals surface area contributed by atoms with E-state index < -0.39 is 18.4 Å². The third-order valence-corrected chi connectivity index (χ3v) is 22.0. The summed E-state index contributed by atoms with van der Waals surface area (Å²) in [4.78, 5) is 4.89. The van der Waals surface area contributed by atoms with E-state index in [-0.39, 0.29) is 0 Å². The van der Waals surface area contributed by atoms with Gasteiger partial charge in [0.15, 0.2) is 0 Å². The normalized spacial score (nSPS) is 11.9. The zero-order valence-corrected chi connectivity index (χ0v) is 22.1. The molecule has 0 atom stereocenters. The Kier molecular flexibility index (Phi) is 8.67. The van der Waals surface area contributed by atoms with E-state index in [1.807, 2.05) is 12.1 Å². The Morgan fingerprint density at radius 2 is 1.40 bits per heavy atom. The molecule has 30 heavy (non-hydrogen) atoms. The number of hydrogen-bond acceptors (Lipinski definition) is 2.